The van der Waals surface area contributed by atoms with E-state index in [1.165, 1.54) is 26.0 Å². The highest BCUT2D eigenvalue weighted by atomic mass is 35.5. The molecular weight excluding hydrogens is 412 g/mol. The van der Waals surface area contributed by atoms with Crippen LogP contribution in [-0.4, -0.2) is 49.9 Å². The van der Waals surface area contributed by atoms with Crippen molar-refractivity contribution in [1.82, 2.24) is 4.90 Å². The standard InChI is InChI=1S/C21H25ClN2O4S/c1-13(23-27-4)21-14(2)24(12-16-6-5-9-28-16)20(29-21)11-18(25)17-10-15(22)7-8-19(17)26-3/h7-8,10-11,16H,5-6,9,12H2,1-4H3. The lowest BCUT2D eigenvalue weighted by atomic mass is 10.1. The summed E-state index contributed by atoms with van der Waals surface area (Å²) in [4.78, 5) is 21.1. The van der Waals surface area contributed by atoms with Gasteiger partial charge in [0.25, 0.3) is 0 Å². The summed E-state index contributed by atoms with van der Waals surface area (Å²) in [7, 11) is 3.06. The zero-order valence-corrected chi connectivity index (χ0v) is 18.6. The minimum Gasteiger partial charge on any atom is -0.496 e. The van der Waals surface area contributed by atoms with Crippen molar-refractivity contribution in [3.8, 4) is 5.75 Å². The summed E-state index contributed by atoms with van der Waals surface area (Å²) in [6.07, 6.45) is 3.84. The number of hydrogen-bond acceptors (Lipinski definition) is 7. The maximum absolute atomic E-state index is 13.1. The van der Waals surface area contributed by atoms with E-state index in [1.807, 2.05) is 13.8 Å². The van der Waals surface area contributed by atoms with E-state index in [0.717, 1.165) is 40.8 Å². The van der Waals surface area contributed by atoms with Crippen LogP contribution < -0.4 is 4.74 Å². The highest BCUT2D eigenvalue weighted by Crippen LogP contribution is 2.42. The number of benzene rings is 1. The second kappa shape index (κ2) is 9.69. The monoisotopic (exact) mass is 436 g/mol. The van der Waals surface area contributed by atoms with Crippen molar-refractivity contribution in [2.75, 3.05) is 27.4 Å². The molecule has 2 aliphatic heterocycles. The summed E-state index contributed by atoms with van der Waals surface area (Å²) in [6, 6.07) is 5.03. The van der Waals surface area contributed by atoms with Gasteiger partial charge in [-0.15, -0.1) is 0 Å². The Labute approximate surface area is 180 Å². The minimum atomic E-state index is -0.167. The number of halogens is 1. The Hall–Kier alpha value is -1.96. The van der Waals surface area contributed by atoms with Gasteiger partial charge in [0.15, 0.2) is 5.78 Å². The van der Waals surface area contributed by atoms with Crippen LogP contribution in [0.4, 0.5) is 0 Å². The number of oxime groups is 1. The van der Waals surface area contributed by atoms with Crippen LogP contribution in [0.3, 0.4) is 0 Å². The summed E-state index contributed by atoms with van der Waals surface area (Å²) in [5.41, 5.74) is 2.22. The Kier molecular flexibility index (Phi) is 7.27. The van der Waals surface area contributed by atoms with Gasteiger partial charge >= 0.3 is 0 Å². The first-order valence-corrected chi connectivity index (χ1v) is 10.6. The van der Waals surface area contributed by atoms with Gasteiger partial charge < -0.3 is 19.2 Å². The second-order valence-corrected chi connectivity index (χ2v) is 8.28. The number of rotatable bonds is 7. The molecule has 29 heavy (non-hydrogen) atoms. The molecule has 0 amide bonds. The van der Waals surface area contributed by atoms with Gasteiger partial charge in [0.05, 0.1) is 34.4 Å². The largest absolute Gasteiger partial charge is 0.496 e. The molecule has 1 aromatic rings. The molecule has 0 N–H and O–H groups in total. The number of allylic oxidation sites excluding steroid dienone is 3. The fourth-order valence-electron chi connectivity index (χ4n) is 3.42. The average Bonchev–Trinajstić information content (AvgIpc) is 3.32. The molecule has 0 spiro atoms. The number of ketones is 1. The third-order valence-electron chi connectivity index (χ3n) is 4.85. The predicted molar refractivity (Wildman–Crippen MR) is 117 cm³/mol. The van der Waals surface area contributed by atoms with Crippen LogP contribution in [0.2, 0.25) is 5.02 Å². The van der Waals surface area contributed by atoms with Gasteiger partial charge in [-0.25, -0.2) is 0 Å². The average molecular weight is 437 g/mol. The van der Waals surface area contributed by atoms with Crippen molar-refractivity contribution >= 4 is 34.9 Å². The fourth-order valence-corrected chi connectivity index (χ4v) is 4.74. The molecule has 8 heteroatoms. The molecule has 1 fully saturated rings. The van der Waals surface area contributed by atoms with Gasteiger partial charge in [-0.2, -0.15) is 0 Å². The van der Waals surface area contributed by atoms with Crippen LogP contribution in [0, 0.1) is 0 Å². The Morgan fingerprint density at radius 2 is 2.24 bits per heavy atom. The number of carbonyl (C=O) groups excluding carboxylic acids is 1. The van der Waals surface area contributed by atoms with E-state index in [1.54, 1.807) is 24.3 Å². The maximum atomic E-state index is 13.1. The highest BCUT2D eigenvalue weighted by Gasteiger charge is 2.31. The molecule has 0 radical (unpaired) electrons. The van der Waals surface area contributed by atoms with Crippen molar-refractivity contribution in [3.05, 3.63) is 50.5 Å². The number of hydrogen-bond donors (Lipinski definition) is 0. The maximum Gasteiger partial charge on any atom is 0.192 e. The molecule has 1 atom stereocenters. The van der Waals surface area contributed by atoms with Crippen molar-refractivity contribution in [3.63, 3.8) is 0 Å². The number of nitrogens with zero attached hydrogens (tertiary/aromatic N) is 2. The quantitative estimate of drug-likeness (QED) is 0.263. The molecule has 1 unspecified atom stereocenters. The van der Waals surface area contributed by atoms with Crippen LogP contribution in [-0.2, 0) is 9.57 Å². The Balaban J connectivity index is 1.94. The molecule has 1 saturated heterocycles. The van der Waals surface area contributed by atoms with E-state index in [-0.39, 0.29) is 11.9 Å². The molecule has 2 heterocycles. The normalized spacial score (nSPS) is 21.3. The van der Waals surface area contributed by atoms with Crippen LogP contribution in [0.1, 0.15) is 37.0 Å². The zero-order chi connectivity index (χ0) is 21.0. The molecule has 0 aromatic heterocycles. The first-order chi connectivity index (χ1) is 13.9. The van der Waals surface area contributed by atoms with Gasteiger partial charge in [-0.1, -0.05) is 28.5 Å². The van der Waals surface area contributed by atoms with Gasteiger partial charge in [0, 0.05) is 29.9 Å². The van der Waals surface area contributed by atoms with Crippen molar-refractivity contribution in [2.24, 2.45) is 5.16 Å². The van der Waals surface area contributed by atoms with E-state index in [2.05, 4.69) is 10.1 Å². The number of ether oxygens (including phenoxy) is 2. The Morgan fingerprint density at radius 3 is 2.90 bits per heavy atom. The first-order valence-electron chi connectivity index (χ1n) is 9.40. The molecule has 0 aliphatic carbocycles. The number of thioether (sulfide) groups is 1. The van der Waals surface area contributed by atoms with Crippen molar-refractivity contribution in [2.45, 2.75) is 32.8 Å². The lowest BCUT2D eigenvalue weighted by molar-refractivity contribution is 0.0923. The molecule has 0 saturated carbocycles. The van der Waals surface area contributed by atoms with Gasteiger partial charge in [-0.05, 0) is 44.9 Å². The van der Waals surface area contributed by atoms with Gasteiger partial charge in [0.1, 0.15) is 12.9 Å². The predicted octanol–water partition coefficient (Wildman–Crippen LogP) is 4.85. The summed E-state index contributed by atoms with van der Waals surface area (Å²) in [5.74, 6) is 0.325. The summed E-state index contributed by atoms with van der Waals surface area (Å²) < 4.78 is 11.2. The second-order valence-electron chi connectivity index (χ2n) is 6.81. The van der Waals surface area contributed by atoms with Crippen LogP contribution >= 0.6 is 23.4 Å². The molecule has 2 aliphatic rings. The third kappa shape index (κ3) is 4.97. The molecular formula is C21H25ClN2O4S. The minimum absolute atomic E-state index is 0.142. The van der Waals surface area contributed by atoms with E-state index in [4.69, 9.17) is 25.9 Å². The topological polar surface area (TPSA) is 60.4 Å². The highest BCUT2D eigenvalue weighted by molar-refractivity contribution is 8.07. The van der Waals surface area contributed by atoms with E-state index >= 15 is 0 Å². The zero-order valence-electron chi connectivity index (χ0n) is 17.0. The summed E-state index contributed by atoms with van der Waals surface area (Å²) in [6.45, 7) is 5.39. The Bertz CT molecular complexity index is 875. The smallest absolute Gasteiger partial charge is 0.192 e. The number of carbonyl (C=O) groups is 1. The molecule has 0 bridgehead atoms. The van der Waals surface area contributed by atoms with Crippen LogP contribution in [0.25, 0.3) is 0 Å². The summed E-state index contributed by atoms with van der Waals surface area (Å²) in [5, 5.41) is 5.38. The van der Waals surface area contributed by atoms with Gasteiger partial charge in [-0.3, -0.25) is 4.79 Å². The summed E-state index contributed by atoms with van der Waals surface area (Å²) >= 11 is 7.61. The third-order valence-corrected chi connectivity index (χ3v) is 6.43. The van der Waals surface area contributed by atoms with Crippen LogP contribution in [0.5, 0.6) is 5.75 Å². The van der Waals surface area contributed by atoms with Crippen molar-refractivity contribution in [1.29, 1.82) is 0 Å². The van der Waals surface area contributed by atoms with E-state index in [0.29, 0.717) is 22.9 Å². The number of methoxy groups -OCH3 is 1. The van der Waals surface area contributed by atoms with Crippen LogP contribution in [0.15, 0.2) is 45.1 Å². The Morgan fingerprint density at radius 1 is 1.45 bits per heavy atom. The van der Waals surface area contributed by atoms with E-state index in [9.17, 15) is 4.79 Å². The first kappa shape index (κ1) is 21.7. The van der Waals surface area contributed by atoms with E-state index < -0.39 is 0 Å². The SMILES string of the molecule is CON=C(C)C1=C(C)N(CC2CCCO2)C(=CC(=O)c2cc(Cl)ccc2OC)S1. The lowest BCUT2D eigenvalue weighted by Crippen LogP contribution is -2.28. The molecule has 3 rings (SSSR count). The fraction of sp³-hybridized carbons (Fsp3) is 0.429. The molecule has 156 valence electrons. The van der Waals surface area contributed by atoms with Gasteiger partial charge in [0.2, 0.25) is 0 Å². The lowest BCUT2D eigenvalue weighted by Gasteiger charge is -2.24. The van der Waals surface area contributed by atoms with Crippen molar-refractivity contribution < 1.29 is 19.1 Å². The molecule has 1 aromatic carbocycles. The molecule has 6 nitrogen and oxygen atoms in total.